The molecule has 0 amide bonds. The first kappa shape index (κ1) is 21.8. The van der Waals surface area contributed by atoms with Gasteiger partial charge in [0.15, 0.2) is 11.5 Å². The average molecular weight is 422 g/mol. The molecular weight excluding hydrogens is 394 g/mol. The quantitative estimate of drug-likeness (QED) is 0.399. The molecule has 0 saturated carbocycles. The van der Waals surface area contributed by atoms with E-state index in [9.17, 15) is 0 Å². The van der Waals surface area contributed by atoms with E-state index in [0.29, 0.717) is 17.6 Å². The Morgan fingerprint density at radius 1 is 1.00 bits per heavy atom. The van der Waals surface area contributed by atoms with Crippen LogP contribution in [-0.2, 0) is 12.3 Å². The molecule has 0 radical (unpaired) electrons. The van der Waals surface area contributed by atoms with Crippen molar-refractivity contribution in [2.24, 2.45) is 5.92 Å². The number of nitrogen functional groups attached to an aromatic ring is 1. The lowest BCUT2D eigenvalue weighted by molar-refractivity contribution is 0.636. The Bertz CT molecular complexity index is 1120. The summed E-state index contributed by atoms with van der Waals surface area (Å²) < 4.78 is 2.05. The molecule has 0 saturated heterocycles. The number of rotatable bonds is 5. The van der Waals surface area contributed by atoms with Crippen LogP contribution in [0.2, 0.25) is 0 Å². The molecule has 0 atom stereocenters. The fourth-order valence-electron chi connectivity index (χ4n) is 3.29. The summed E-state index contributed by atoms with van der Waals surface area (Å²) in [5.74, 6) is 2.18. The van der Waals surface area contributed by atoms with E-state index >= 15 is 0 Å². The van der Waals surface area contributed by atoms with Crippen LogP contribution in [-0.4, -0.2) is 19.5 Å². The lowest BCUT2D eigenvalue weighted by Gasteiger charge is -2.11. The van der Waals surface area contributed by atoms with Gasteiger partial charge in [-0.2, -0.15) is 0 Å². The Labute approximate surface area is 183 Å². The second-order valence-corrected chi connectivity index (χ2v) is 7.52. The van der Waals surface area contributed by atoms with Gasteiger partial charge < -0.3 is 5.73 Å². The van der Waals surface area contributed by atoms with Crippen molar-refractivity contribution in [2.45, 2.75) is 40.0 Å². The summed E-state index contributed by atoms with van der Waals surface area (Å²) in [6.07, 6.45) is 2.59. The number of benzene rings is 1. The molecule has 2 N–H and O–H groups in total. The molecule has 4 aromatic rings. The number of hydrogen-bond acceptors (Lipinski definition) is 4. The van der Waals surface area contributed by atoms with Crippen LogP contribution >= 0.6 is 11.6 Å². The Hall–Kier alpha value is -2.92. The number of anilines is 1. The van der Waals surface area contributed by atoms with Gasteiger partial charge in [-0.15, -0.1) is 11.6 Å². The first-order valence-electron chi connectivity index (χ1n) is 10.3. The highest BCUT2D eigenvalue weighted by Crippen LogP contribution is 2.30. The van der Waals surface area contributed by atoms with Crippen LogP contribution in [0.4, 0.5) is 5.82 Å². The van der Waals surface area contributed by atoms with E-state index in [0.717, 1.165) is 45.9 Å². The van der Waals surface area contributed by atoms with E-state index in [-0.39, 0.29) is 0 Å². The maximum atomic E-state index is 6.16. The Kier molecular flexibility index (Phi) is 7.06. The third-order valence-corrected chi connectivity index (χ3v) is 4.92. The smallest absolute Gasteiger partial charge is 0.165 e. The number of nitrogens with two attached hydrogens (primary N) is 1. The van der Waals surface area contributed by atoms with Gasteiger partial charge in [0, 0.05) is 23.5 Å². The molecule has 1 aromatic carbocycles. The van der Waals surface area contributed by atoms with Gasteiger partial charge in [-0.3, -0.25) is 4.57 Å². The van der Waals surface area contributed by atoms with Crippen molar-refractivity contribution in [2.75, 3.05) is 5.73 Å². The molecule has 0 spiro atoms. The van der Waals surface area contributed by atoms with Crippen LogP contribution in [0, 0.1) is 5.92 Å². The zero-order valence-electron chi connectivity index (χ0n) is 17.9. The molecule has 3 aromatic heterocycles. The van der Waals surface area contributed by atoms with E-state index in [4.69, 9.17) is 27.3 Å². The fraction of sp³-hybridized carbons (Fsp3) is 0.292. The van der Waals surface area contributed by atoms with Crippen molar-refractivity contribution in [1.29, 1.82) is 0 Å². The summed E-state index contributed by atoms with van der Waals surface area (Å²) in [4.78, 5) is 14.0. The van der Waals surface area contributed by atoms with Crippen molar-refractivity contribution in [3.8, 4) is 17.1 Å². The zero-order chi connectivity index (χ0) is 21.7. The summed E-state index contributed by atoms with van der Waals surface area (Å²) in [7, 11) is 0. The summed E-state index contributed by atoms with van der Waals surface area (Å²) >= 11 is 5.96. The van der Waals surface area contributed by atoms with Gasteiger partial charge in [0.1, 0.15) is 11.3 Å². The molecule has 6 heteroatoms. The second-order valence-electron chi connectivity index (χ2n) is 7.25. The molecule has 0 bridgehead atoms. The maximum absolute atomic E-state index is 6.16. The predicted octanol–water partition coefficient (Wildman–Crippen LogP) is 6.03. The zero-order valence-corrected chi connectivity index (χ0v) is 18.7. The van der Waals surface area contributed by atoms with Gasteiger partial charge in [0.2, 0.25) is 0 Å². The number of alkyl halides is 1. The van der Waals surface area contributed by atoms with Gasteiger partial charge in [-0.05, 0) is 54.3 Å². The van der Waals surface area contributed by atoms with Crippen molar-refractivity contribution in [1.82, 2.24) is 19.5 Å². The monoisotopic (exact) mass is 421 g/mol. The normalized spacial score (nSPS) is 10.9. The molecule has 5 nitrogen and oxygen atoms in total. The van der Waals surface area contributed by atoms with Crippen LogP contribution in [0.1, 0.15) is 39.0 Å². The second kappa shape index (κ2) is 9.72. The molecule has 30 heavy (non-hydrogen) atoms. The summed E-state index contributed by atoms with van der Waals surface area (Å²) in [6, 6.07) is 16.0. The van der Waals surface area contributed by atoms with Gasteiger partial charge in [0.25, 0.3) is 0 Å². The van der Waals surface area contributed by atoms with Crippen LogP contribution in [0.3, 0.4) is 0 Å². The summed E-state index contributed by atoms with van der Waals surface area (Å²) in [5, 5.41) is 0. The van der Waals surface area contributed by atoms with E-state index in [1.165, 1.54) is 0 Å². The topological polar surface area (TPSA) is 69.6 Å². The van der Waals surface area contributed by atoms with Crippen molar-refractivity contribution in [3.05, 3.63) is 66.0 Å². The molecule has 0 fully saturated rings. The molecule has 0 aliphatic carbocycles. The number of hydrogen-bond donors (Lipinski definition) is 1. The third kappa shape index (κ3) is 4.46. The fourth-order valence-corrected chi connectivity index (χ4v) is 3.47. The SMILES string of the molecule is CC.CC(C)Cc1ccc2nc(-c3cccnc3N)n(-c3ccc(CCl)cc3)c2n1. The van der Waals surface area contributed by atoms with Gasteiger partial charge in [0.05, 0.1) is 5.56 Å². The van der Waals surface area contributed by atoms with E-state index in [1.54, 1.807) is 6.20 Å². The average Bonchev–Trinajstić information content (AvgIpc) is 3.13. The highest BCUT2D eigenvalue weighted by molar-refractivity contribution is 6.17. The van der Waals surface area contributed by atoms with E-state index in [1.807, 2.05) is 66.9 Å². The van der Waals surface area contributed by atoms with Crippen molar-refractivity contribution < 1.29 is 0 Å². The molecule has 0 aliphatic rings. The first-order chi connectivity index (χ1) is 14.6. The number of nitrogens with zero attached hydrogens (tertiary/aromatic N) is 4. The number of halogens is 1. The number of imidazole rings is 1. The predicted molar refractivity (Wildman–Crippen MR) is 126 cm³/mol. The Morgan fingerprint density at radius 2 is 1.73 bits per heavy atom. The summed E-state index contributed by atoms with van der Waals surface area (Å²) in [6.45, 7) is 8.38. The Morgan fingerprint density at radius 3 is 2.37 bits per heavy atom. The molecule has 0 aliphatic heterocycles. The largest absolute Gasteiger partial charge is 0.383 e. The van der Waals surface area contributed by atoms with Crippen molar-refractivity contribution >= 4 is 28.6 Å². The van der Waals surface area contributed by atoms with Gasteiger partial charge >= 0.3 is 0 Å². The molecule has 4 rings (SSSR count). The minimum Gasteiger partial charge on any atom is -0.383 e. The lowest BCUT2D eigenvalue weighted by Crippen LogP contribution is -2.03. The van der Waals surface area contributed by atoms with E-state index < -0.39 is 0 Å². The Balaban J connectivity index is 0.00000124. The molecule has 156 valence electrons. The van der Waals surface area contributed by atoms with Crippen LogP contribution in [0.15, 0.2) is 54.7 Å². The maximum Gasteiger partial charge on any atom is 0.165 e. The highest BCUT2D eigenvalue weighted by Gasteiger charge is 2.18. The van der Waals surface area contributed by atoms with Crippen LogP contribution in [0.25, 0.3) is 28.2 Å². The van der Waals surface area contributed by atoms with Gasteiger partial charge in [-0.25, -0.2) is 15.0 Å². The third-order valence-electron chi connectivity index (χ3n) is 4.61. The molecular formula is C24H28ClN5. The minimum absolute atomic E-state index is 0.443. The lowest BCUT2D eigenvalue weighted by atomic mass is 10.1. The standard InChI is InChI=1S/C22H22ClN5.C2H6/c1-14(2)12-16-7-10-19-22(26-16)28(17-8-5-15(13-23)6-9-17)21(27-19)18-4-3-11-25-20(18)24;1-2/h3-11,14H,12-13H2,1-2H3,(H2,24,25);1-2H3. The highest BCUT2D eigenvalue weighted by atomic mass is 35.5. The molecule has 0 unspecified atom stereocenters. The number of fused-ring (bicyclic) bond motifs is 1. The van der Waals surface area contributed by atoms with Crippen LogP contribution in [0.5, 0.6) is 0 Å². The van der Waals surface area contributed by atoms with Crippen LogP contribution < -0.4 is 5.73 Å². The molecule has 3 heterocycles. The minimum atomic E-state index is 0.443. The van der Waals surface area contributed by atoms with Gasteiger partial charge in [-0.1, -0.05) is 39.8 Å². The first-order valence-corrected chi connectivity index (χ1v) is 10.8. The number of aromatic nitrogens is 4. The summed E-state index contributed by atoms with van der Waals surface area (Å²) in [5.41, 5.74) is 11.7. The van der Waals surface area contributed by atoms with Crippen molar-refractivity contribution in [3.63, 3.8) is 0 Å². The van der Waals surface area contributed by atoms with E-state index in [2.05, 4.69) is 18.8 Å². The number of pyridine rings is 2.